The monoisotopic (exact) mass is 380 g/mol. The molecule has 1 fully saturated rings. The summed E-state index contributed by atoms with van der Waals surface area (Å²) in [4.78, 5) is 16.7. The minimum absolute atomic E-state index is 0.0874. The van der Waals surface area contributed by atoms with Crippen molar-refractivity contribution in [3.8, 4) is 0 Å². The Morgan fingerprint density at radius 2 is 1.96 bits per heavy atom. The van der Waals surface area contributed by atoms with Crippen LogP contribution in [0.3, 0.4) is 0 Å². The molecule has 3 aromatic rings. The molecular weight excluding hydrogens is 370 g/mol. The van der Waals surface area contributed by atoms with Crippen molar-refractivity contribution in [1.82, 2.24) is 4.98 Å². The molecule has 2 atom stereocenters. The van der Waals surface area contributed by atoms with Crippen LogP contribution in [0.2, 0.25) is 10.0 Å². The molecule has 7 heteroatoms. The van der Waals surface area contributed by atoms with E-state index in [0.29, 0.717) is 25.4 Å². The quantitative estimate of drug-likeness (QED) is 0.652. The van der Waals surface area contributed by atoms with Crippen molar-refractivity contribution < 1.29 is 9.18 Å². The van der Waals surface area contributed by atoms with Crippen LogP contribution < -0.4 is 5.32 Å². The van der Waals surface area contributed by atoms with Crippen LogP contribution in [0, 0.1) is 11.7 Å². The summed E-state index contributed by atoms with van der Waals surface area (Å²) in [6, 6.07) is 9.72. The molecule has 24 heavy (non-hydrogen) atoms. The number of carbonyl (C=O) groups excluding carboxylic acids is 1. The number of benzene rings is 2. The van der Waals surface area contributed by atoms with Gasteiger partial charge in [0.05, 0.1) is 10.2 Å². The number of carbonyl (C=O) groups is 1. The first-order valence-corrected chi connectivity index (χ1v) is 8.90. The molecule has 122 valence electrons. The second-order valence-corrected chi connectivity index (χ2v) is 7.68. The molecule has 1 aromatic heterocycles. The van der Waals surface area contributed by atoms with E-state index in [9.17, 15) is 9.18 Å². The van der Waals surface area contributed by atoms with Gasteiger partial charge < -0.3 is 5.32 Å². The van der Waals surface area contributed by atoms with Crippen LogP contribution in [0.4, 0.5) is 9.52 Å². The van der Waals surface area contributed by atoms with Crippen molar-refractivity contribution in [3.05, 3.63) is 57.8 Å². The molecule has 1 amide bonds. The third-order valence-electron chi connectivity index (χ3n) is 4.02. The van der Waals surface area contributed by atoms with Crippen molar-refractivity contribution in [2.45, 2.75) is 12.3 Å². The number of nitrogens with one attached hydrogen (secondary N) is 1. The summed E-state index contributed by atoms with van der Waals surface area (Å²) in [5, 5.41) is 4.44. The van der Waals surface area contributed by atoms with Gasteiger partial charge in [0.15, 0.2) is 5.13 Å². The Kier molecular flexibility index (Phi) is 3.95. The predicted octanol–water partition coefficient (Wildman–Crippen LogP) is 5.48. The largest absolute Gasteiger partial charge is 0.302 e. The molecule has 0 bridgehead atoms. The average Bonchev–Trinajstić information content (AvgIpc) is 3.21. The van der Waals surface area contributed by atoms with E-state index in [0.717, 1.165) is 12.0 Å². The highest BCUT2D eigenvalue weighted by atomic mass is 35.5. The van der Waals surface area contributed by atoms with Crippen LogP contribution in [0.25, 0.3) is 10.2 Å². The van der Waals surface area contributed by atoms with Gasteiger partial charge in [0.25, 0.3) is 0 Å². The van der Waals surface area contributed by atoms with Crippen LogP contribution in [0.15, 0.2) is 36.4 Å². The van der Waals surface area contributed by atoms with Crippen molar-refractivity contribution >= 4 is 55.8 Å². The summed E-state index contributed by atoms with van der Waals surface area (Å²) in [5.74, 6) is -0.406. The molecule has 0 saturated heterocycles. The van der Waals surface area contributed by atoms with Gasteiger partial charge in [-0.05, 0) is 54.3 Å². The molecule has 2 unspecified atom stereocenters. The van der Waals surface area contributed by atoms with E-state index in [2.05, 4.69) is 10.3 Å². The molecule has 1 N–H and O–H groups in total. The first kappa shape index (κ1) is 15.8. The molecule has 2 aromatic carbocycles. The lowest BCUT2D eigenvalue weighted by atomic mass is 10.1. The van der Waals surface area contributed by atoms with Gasteiger partial charge in [-0.3, -0.25) is 4.79 Å². The summed E-state index contributed by atoms with van der Waals surface area (Å²) < 4.78 is 13.9. The third kappa shape index (κ3) is 3.11. The van der Waals surface area contributed by atoms with Crippen LogP contribution in [0.5, 0.6) is 0 Å². The molecule has 0 radical (unpaired) electrons. The topological polar surface area (TPSA) is 42.0 Å². The molecule has 1 heterocycles. The van der Waals surface area contributed by atoms with Gasteiger partial charge in [-0.1, -0.05) is 34.5 Å². The molecule has 4 rings (SSSR count). The summed E-state index contributed by atoms with van der Waals surface area (Å²) in [6.07, 6.45) is 0.752. The predicted molar refractivity (Wildman–Crippen MR) is 95.5 cm³/mol. The van der Waals surface area contributed by atoms with Gasteiger partial charge in [-0.25, -0.2) is 9.37 Å². The van der Waals surface area contributed by atoms with E-state index < -0.39 is 0 Å². The number of aromatic nitrogens is 1. The standard InChI is InChI=1S/C17H11Cl2FN2OS/c18-9-3-8(4-10(19)5-9)12-7-13(12)16(23)22-17-21-14-2-1-11(20)6-15(14)24-17/h1-6,12-13H,7H2,(H,21,22,23). The number of amides is 1. The Labute approximate surface area is 151 Å². The highest BCUT2D eigenvalue weighted by Gasteiger charge is 2.44. The van der Waals surface area contributed by atoms with Crippen molar-refractivity contribution in [2.24, 2.45) is 5.92 Å². The molecule has 3 nitrogen and oxygen atoms in total. The maximum atomic E-state index is 13.2. The van der Waals surface area contributed by atoms with E-state index in [1.165, 1.54) is 23.5 Å². The van der Waals surface area contributed by atoms with Crippen molar-refractivity contribution in [2.75, 3.05) is 5.32 Å². The zero-order valence-electron chi connectivity index (χ0n) is 12.2. The van der Waals surface area contributed by atoms with E-state index in [1.807, 2.05) is 12.1 Å². The second kappa shape index (κ2) is 5.99. The molecule has 1 saturated carbocycles. The normalized spacial score (nSPS) is 19.5. The van der Waals surface area contributed by atoms with Crippen LogP contribution in [-0.4, -0.2) is 10.9 Å². The van der Waals surface area contributed by atoms with Gasteiger partial charge in [0.2, 0.25) is 5.91 Å². The Balaban J connectivity index is 1.48. The minimum atomic E-state index is -0.316. The minimum Gasteiger partial charge on any atom is -0.302 e. The molecule has 1 aliphatic rings. The molecular formula is C17H11Cl2FN2OS. The smallest absolute Gasteiger partial charge is 0.229 e. The van der Waals surface area contributed by atoms with E-state index in [1.54, 1.807) is 12.1 Å². The van der Waals surface area contributed by atoms with Gasteiger partial charge in [0, 0.05) is 16.0 Å². The number of hydrogen-bond acceptors (Lipinski definition) is 3. The summed E-state index contributed by atoms with van der Waals surface area (Å²) in [5.41, 5.74) is 1.64. The SMILES string of the molecule is O=C(Nc1nc2ccc(F)cc2s1)C1CC1c1cc(Cl)cc(Cl)c1. The molecule has 0 spiro atoms. The van der Waals surface area contributed by atoms with Gasteiger partial charge in [-0.2, -0.15) is 0 Å². The van der Waals surface area contributed by atoms with Crippen LogP contribution in [0.1, 0.15) is 17.9 Å². The lowest BCUT2D eigenvalue weighted by molar-refractivity contribution is -0.117. The Morgan fingerprint density at radius 3 is 2.71 bits per heavy atom. The highest BCUT2D eigenvalue weighted by Crippen LogP contribution is 2.49. The number of hydrogen-bond donors (Lipinski definition) is 1. The van der Waals surface area contributed by atoms with Gasteiger partial charge in [0.1, 0.15) is 5.82 Å². The molecule has 1 aliphatic carbocycles. The van der Waals surface area contributed by atoms with E-state index in [4.69, 9.17) is 23.2 Å². The second-order valence-electron chi connectivity index (χ2n) is 5.77. The summed E-state index contributed by atoms with van der Waals surface area (Å²) >= 11 is 13.3. The first-order valence-electron chi connectivity index (χ1n) is 7.32. The fraction of sp³-hybridized carbons (Fsp3) is 0.176. The fourth-order valence-corrected chi connectivity index (χ4v) is 4.23. The maximum absolute atomic E-state index is 13.2. The zero-order chi connectivity index (χ0) is 16.8. The van der Waals surface area contributed by atoms with Gasteiger partial charge >= 0.3 is 0 Å². The van der Waals surface area contributed by atoms with E-state index >= 15 is 0 Å². The lowest BCUT2D eigenvalue weighted by Gasteiger charge is -2.03. The number of thiazole rings is 1. The number of fused-ring (bicyclic) bond motifs is 1. The average molecular weight is 381 g/mol. The Bertz CT molecular complexity index is 939. The zero-order valence-corrected chi connectivity index (χ0v) is 14.6. The number of halogens is 3. The Hall–Kier alpha value is -1.69. The number of nitrogens with zero attached hydrogens (tertiary/aromatic N) is 1. The fourth-order valence-electron chi connectivity index (χ4n) is 2.79. The van der Waals surface area contributed by atoms with Crippen LogP contribution in [-0.2, 0) is 4.79 Å². The van der Waals surface area contributed by atoms with Crippen molar-refractivity contribution in [3.63, 3.8) is 0 Å². The van der Waals surface area contributed by atoms with E-state index in [-0.39, 0.29) is 23.6 Å². The van der Waals surface area contributed by atoms with Crippen molar-refractivity contribution in [1.29, 1.82) is 0 Å². The lowest BCUT2D eigenvalue weighted by Crippen LogP contribution is -2.14. The third-order valence-corrected chi connectivity index (χ3v) is 5.39. The summed E-state index contributed by atoms with van der Waals surface area (Å²) in [6.45, 7) is 0. The van der Waals surface area contributed by atoms with Crippen LogP contribution >= 0.6 is 34.5 Å². The maximum Gasteiger partial charge on any atom is 0.229 e. The number of rotatable bonds is 3. The molecule has 0 aliphatic heterocycles. The first-order chi connectivity index (χ1) is 11.5. The highest BCUT2D eigenvalue weighted by molar-refractivity contribution is 7.22. The van der Waals surface area contributed by atoms with Gasteiger partial charge in [-0.15, -0.1) is 0 Å². The Morgan fingerprint density at radius 1 is 1.21 bits per heavy atom. The number of anilines is 1. The summed E-state index contributed by atoms with van der Waals surface area (Å²) in [7, 11) is 0.